The number of rotatable bonds is 7. The summed E-state index contributed by atoms with van der Waals surface area (Å²) >= 11 is 6.10. The number of halogens is 1. The van der Waals surface area contributed by atoms with Gasteiger partial charge in [0.1, 0.15) is 5.82 Å². The van der Waals surface area contributed by atoms with Gasteiger partial charge in [0.15, 0.2) is 0 Å². The van der Waals surface area contributed by atoms with E-state index in [-0.39, 0.29) is 11.6 Å². The number of anilines is 1. The molecule has 5 heteroatoms. The monoisotopic (exact) mass is 298 g/mol. The minimum atomic E-state index is -0.0429. The summed E-state index contributed by atoms with van der Waals surface area (Å²) in [6, 6.07) is 2.00. The molecule has 1 rings (SSSR count). The van der Waals surface area contributed by atoms with Crippen LogP contribution in [0.4, 0.5) is 5.82 Å². The van der Waals surface area contributed by atoms with Crippen LogP contribution in [0.5, 0.6) is 0 Å². The Bertz CT molecular complexity index is 434. The molecule has 4 nitrogen and oxygen atoms in total. The van der Waals surface area contributed by atoms with Gasteiger partial charge in [0, 0.05) is 17.3 Å². The molecule has 2 atom stereocenters. The Morgan fingerprint density at radius 3 is 2.45 bits per heavy atom. The minimum absolute atomic E-state index is 0.0429. The van der Waals surface area contributed by atoms with E-state index in [1.165, 1.54) is 0 Å². The zero-order valence-electron chi connectivity index (χ0n) is 13.2. The fraction of sp³-hybridized carbons (Fsp3) is 0.667. The quantitative estimate of drug-likeness (QED) is 0.812. The average molecular weight is 299 g/mol. The molecule has 0 aliphatic carbocycles. The maximum absolute atomic E-state index is 6.10. The molecule has 1 heterocycles. The number of hydrogen-bond acceptors (Lipinski definition) is 4. The maximum atomic E-state index is 6.10. The summed E-state index contributed by atoms with van der Waals surface area (Å²) in [6.07, 6.45) is 2.60. The highest BCUT2D eigenvalue weighted by Crippen LogP contribution is 2.36. The molecule has 0 saturated carbocycles. The molecule has 0 aromatic carbocycles. The van der Waals surface area contributed by atoms with Crippen molar-refractivity contribution in [2.75, 3.05) is 25.9 Å². The topological polar surface area (TPSA) is 54.2 Å². The van der Waals surface area contributed by atoms with Crippen LogP contribution in [0, 0.1) is 0 Å². The van der Waals surface area contributed by atoms with E-state index in [1.807, 2.05) is 13.1 Å². The second-order valence-electron chi connectivity index (χ2n) is 5.23. The molecular formula is C15H27ClN4. The third kappa shape index (κ3) is 3.25. The van der Waals surface area contributed by atoms with Gasteiger partial charge in [-0.15, -0.1) is 0 Å². The number of nitrogen functional groups attached to an aromatic ring is 1. The first-order valence-electron chi connectivity index (χ1n) is 7.27. The van der Waals surface area contributed by atoms with E-state index in [2.05, 4.69) is 42.9 Å². The zero-order valence-corrected chi connectivity index (χ0v) is 14.0. The summed E-state index contributed by atoms with van der Waals surface area (Å²) in [7, 11) is 1.96. The molecule has 0 aliphatic rings. The van der Waals surface area contributed by atoms with Crippen LogP contribution >= 0.6 is 11.6 Å². The van der Waals surface area contributed by atoms with Crippen LogP contribution in [0.3, 0.4) is 0 Å². The van der Waals surface area contributed by atoms with Crippen molar-refractivity contribution in [3.05, 3.63) is 22.8 Å². The van der Waals surface area contributed by atoms with Gasteiger partial charge in [-0.05, 0) is 39.5 Å². The molecular weight excluding hydrogens is 272 g/mol. The Hall–Kier alpha value is -0.840. The summed E-state index contributed by atoms with van der Waals surface area (Å²) in [6.45, 7) is 10.8. The van der Waals surface area contributed by atoms with Gasteiger partial charge in [-0.2, -0.15) is 0 Å². The summed E-state index contributed by atoms with van der Waals surface area (Å²) in [5.74, 6) is 0.542. The summed E-state index contributed by atoms with van der Waals surface area (Å²) in [5, 5.41) is 4.02. The number of nitrogens with one attached hydrogen (secondary N) is 1. The fourth-order valence-electron chi connectivity index (χ4n) is 3.05. The Balaban J connectivity index is 3.31. The van der Waals surface area contributed by atoms with Crippen LogP contribution in [-0.2, 0) is 0 Å². The molecule has 1 aromatic heterocycles. The molecule has 0 saturated heterocycles. The minimum Gasteiger partial charge on any atom is -0.383 e. The third-order valence-corrected chi connectivity index (χ3v) is 4.55. The molecule has 114 valence electrons. The molecule has 0 fully saturated rings. The van der Waals surface area contributed by atoms with Crippen LogP contribution in [0.15, 0.2) is 12.3 Å². The number of likely N-dealkylation sites (N-methyl/N-ethyl adjacent to an activating group) is 2. The number of nitrogens with two attached hydrogens (primary N) is 1. The Labute approximate surface area is 127 Å². The van der Waals surface area contributed by atoms with Crippen LogP contribution in [0.25, 0.3) is 0 Å². The van der Waals surface area contributed by atoms with Crippen molar-refractivity contribution in [2.45, 2.75) is 45.7 Å². The van der Waals surface area contributed by atoms with E-state index >= 15 is 0 Å². The number of hydrogen-bond donors (Lipinski definition) is 2. The molecule has 2 unspecified atom stereocenters. The fourth-order valence-corrected chi connectivity index (χ4v) is 3.22. The second kappa shape index (κ2) is 7.25. The first kappa shape index (κ1) is 17.2. The molecule has 0 bridgehead atoms. The zero-order chi connectivity index (χ0) is 15.3. The van der Waals surface area contributed by atoms with Gasteiger partial charge in [-0.3, -0.25) is 4.90 Å². The summed E-state index contributed by atoms with van der Waals surface area (Å²) < 4.78 is 0. The molecule has 3 N–H and O–H groups in total. The van der Waals surface area contributed by atoms with Crippen molar-refractivity contribution in [3.63, 3.8) is 0 Å². The van der Waals surface area contributed by atoms with Crippen molar-refractivity contribution in [1.29, 1.82) is 0 Å². The van der Waals surface area contributed by atoms with E-state index < -0.39 is 0 Å². The van der Waals surface area contributed by atoms with Gasteiger partial charge in [-0.25, -0.2) is 4.98 Å². The largest absolute Gasteiger partial charge is 0.383 e. The number of aromatic nitrogens is 1. The molecule has 1 aromatic rings. The van der Waals surface area contributed by atoms with E-state index in [4.69, 9.17) is 17.3 Å². The van der Waals surface area contributed by atoms with Gasteiger partial charge < -0.3 is 11.1 Å². The van der Waals surface area contributed by atoms with E-state index in [9.17, 15) is 0 Å². The predicted molar refractivity (Wildman–Crippen MR) is 87.1 cm³/mol. The molecule has 0 amide bonds. The van der Waals surface area contributed by atoms with Gasteiger partial charge in [-0.1, -0.05) is 32.4 Å². The predicted octanol–water partition coefficient (Wildman–Crippen LogP) is 3.09. The molecule has 0 radical (unpaired) electrons. The van der Waals surface area contributed by atoms with Crippen molar-refractivity contribution in [2.24, 2.45) is 0 Å². The Morgan fingerprint density at radius 1 is 1.40 bits per heavy atom. The van der Waals surface area contributed by atoms with Gasteiger partial charge in [0.25, 0.3) is 0 Å². The first-order chi connectivity index (χ1) is 9.44. The lowest BCUT2D eigenvalue weighted by Gasteiger charge is -2.46. The third-order valence-electron chi connectivity index (χ3n) is 4.34. The van der Waals surface area contributed by atoms with E-state index in [1.54, 1.807) is 6.20 Å². The standard InChI is InChI=1S/C15H27ClN4/c1-6-15(4,20(7-2)8-3)13(18-5)12-9-11(16)10-19-14(12)17/h9-10,13,18H,6-8H2,1-5H3,(H2,17,19). The van der Waals surface area contributed by atoms with Crippen molar-refractivity contribution in [1.82, 2.24) is 15.2 Å². The van der Waals surface area contributed by atoms with E-state index in [0.29, 0.717) is 10.8 Å². The van der Waals surface area contributed by atoms with E-state index in [0.717, 1.165) is 25.1 Å². The lowest BCUT2D eigenvalue weighted by atomic mass is 9.83. The number of nitrogens with zero attached hydrogens (tertiary/aromatic N) is 2. The molecule has 0 spiro atoms. The summed E-state index contributed by atoms with van der Waals surface area (Å²) in [5.41, 5.74) is 7.00. The smallest absolute Gasteiger partial charge is 0.128 e. The lowest BCUT2D eigenvalue weighted by molar-refractivity contribution is 0.0730. The van der Waals surface area contributed by atoms with Crippen LogP contribution in [0.2, 0.25) is 5.02 Å². The van der Waals surface area contributed by atoms with Gasteiger partial charge in [0.2, 0.25) is 0 Å². The first-order valence-corrected chi connectivity index (χ1v) is 7.65. The second-order valence-corrected chi connectivity index (χ2v) is 5.67. The van der Waals surface area contributed by atoms with Crippen LogP contribution in [-0.4, -0.2) is 35.6 Å². The van der Waals surface area contributed by atoms with Gasteiger partial charge >= 0.3 is 0 Å². The molecule has 0 aliphatic heterocycles. The maximum Gasteiger partial charge on any atom is 0.128 e. The highest BCUT2D eigenvalue weighted by Gasteiger charge is 2.38. The van der Waals surface area contributed by atoms with Crippen molar-refractivity contribution < 1.29 is 0 Å². The van der Waals surface area contributed by atoms with Crippen LogP contribution < -0.4 is 11.1 Å². The average Bonchev–Trinajstić information content (AvgIpc) is 2.44. The van der Waals surface area contributed by atoms with Crippen molar-refractivity contribution in [3.8, 4) is 0 Å². The SMILES string of the molecule is CCN(CC)C(C)(CC)C(NC)c1cc(Cl)cnc1N. The highest BCUT2D eigenvalue weighted by atomic mass is 35.5. The van der Waals surface area contributed by atoms with Crippen LogP contribution in [0.1, 0.15) is 45.7 Å². The van der Waals surface area contributed by atoms with Crippen molar-refractivity contribution >= 4 is 17.4 Å². The molecule has 20 heavy (non-hydrogen) atoms. The van der Waals surface area contributed by atoms with Gasteiger partial charge in [0.05, 0.1) is 11.1 Å². The lowest BCUT2D eigenvalue weighted by Crippen LogP contribution is -2.53. The Kier molecular flexibility index (Phi) is 6.24. The Morgan fingerprint density at radius 2 is 2.00 bits per heavy atom. The normalized spacial score (nSPS) is 16.1. The number of pyridine rings is 1. The highest BCUT2D eigenvalue weighted by molar-refractivity contribution is 6.30. The summed E-state index contributed by atoms with van der Waals surface area (Å²) in [4.78, 5) is 6.65.